The molecular weight excluding hydrogens is 440 g/mol. The normalized spacial score (nSPS) is 0. The van der Waals surface area contributed by atoms with E-state index in [0.29, 0.717) is 0 Å². The first-order valence-corrected chi connectivity index (χ1v) is 0. The summed E-state index contributed by atoms with van der Waals surface area (Å²) in [5.41, 5.74) is 0. The molecule has 0 spiro atoms. The number of hydrogen-bond donors (Lipinski definition) is 0. The van der Waals surface area contributed by atoms with Crippen LogP contribution in [0.15, 0.2) is 0 Å². The van der Waals surface area contributed by atoms with Crippen LogP contribution in [0.3, 0.4) is 0 Å². The van der Waals surface area contributed by atoms with E-state index >= 15 is 0 Å². The van der Waals surface area contributed by atoms with Crippen molar-refractivity contribution in [2.24, 2.45) is 0 Å². The van der Waals surface area contributed by atoms with Gasteiger partial charge in [0.15, 0.2) is 0 Å². The van der Waals surface area contributed by atoms with E-state index in [1.807, 2.05) is 0 Å². The Kier molecular flexibility index (Phi) is 13100. The molecule has 0 fully saturated rings. The molecule has 0 saturated heterocycles. The van der Waals surface area contributed by atoms with Crippen molar-refractivity contribution >= 4 is 120 Å². The van der Waals surface area contributed by atoms with E-state index in [0.717, 1.165) is 0 Å². The van der Waals surface area contributed by atoms with E-state index in [1.54, 1.807) is 0 Å². The second-order valence-corrected chi connectivity index (χ2v) is 0. The molecule has 0 bridgehead atoms. The summed E-state index contributed by atoms with van der Waals surface area (Å²) >= 11 is 0. The minimum Gasteiger partial charge on any atom is -1.00 e. The summed E-state index contributed by atoms with van der Waals surface area (Å²) in [6.45, 7) is 0. The van der Waals surface area contributed by atoms with Gasteiger partial charge in [-0.25, -0.2) is 0 Å². The van der Waals surface area contributed by atoms with Crippen molar-refractivity contribution in [2.45, 2.75) is 0 Å². The van der Waals surface area contributed by atoms with Crippen LogP contribution in [-0.2, 0) is 0 Å². The monoisotopic (exact) mass is 440 g/mol. The van der Waals surface area contributed by atoms with Gasteiger partial charge in [0.1, 0.15) is 0 Å². The van der Waals surface area contributed by atoms with Gasteiger partial charge in [-0.15, -0.1) is 0 Å². The van der Waals surface area contributed by atoms with Gasteiger partial charge in [-0.05, 0) is 0 Å². The molecule has 0 unspecified atom stereocenters. The van der Waals surface area contributed by atoms with Crippen molar-refractivity contribution in [3.05, 3.63) is 0 Å². The van der Waals surface area contributed by atoms with Crippen LogP contribution in [0.1, 0.15) is 0 Å². The maximum Gasteiger partial charge on any atom is 3.00 e. The molecule has 0 aromatic heterocycles. The molecule has 0 heterocycles. The van der Waals surface area contributed by atoms with Crippen LogP contribution in [-0.4, -0.2) is 120 Å². The second kappa shape index (κ2) is 422. The van der Waals surface area contributed by atoms with Crippen LogP contribution in [0.5, 0.6) is 0 Å². The summed E-state index contributed by atoms with van der Waals surface area (Å²) in [6.07, 6.45) is 0. The first kappa shape index (κ1) is 496. The minimum atomic E-state index is 0. The summed E-state index contributed by atoms with van der Waals surface area (Å²) in [6, 6.07) is 0. The Hall–Kier alpha value is 3.74. The molecule has 0 atom stereocenters. The van der Waals surface area contributed by atoms with Gasteiger partial charge in [0.05, 0.1) is 0 Å². The predicted octanol–water partition coefficient (Wildman–Crippen LogP) is -37.5. The average Bonchev–Trinajstić information content (AvgIpc) is 0. The van der Waals surface area contributed by atoms with E-state index < -0.39 is 0 Å². The summed E-state index contributed by atoms with van der Waals surface area (Å²) in [5.74, 6) is 0. The fraction of sp³-hybridized carbons (Fsp3) is 0. The fourth-order valence-corrected chi connectivity index (χ4v) is 0. The summed E-state index contributed by atoms with van der Waals surface area (Å²) < 4.78 is 0. The van der Waals surface area contributed by atoms with E-state index in [9.17, 15) is 0 Å². The van der Waals surface area contributed by atoms with Crippen LogP contribution in [0, 0.1) is 0 Å². The molecule has 0 nitrogen and oxygen atoms in total. The molecule has 0 rings (SSSR count). The zero-order valence-electron chi connectivity index (χ0n) is 7.73. The average molecular weight is 440 g/mol. The zero-order chi connectivity index (χ0) is 0. The van der Waals surface area contributed by atoms with Gasteiger partial charge < -0.3 is 51.7 Å². The van der Waals surface area contributed by atoms with E-state index in [1.165, 1.54) is 0 Å². The molecule has 0 N–H and O–H groups in total. The van der Waals surface area contributed by atoms with Crippen LogP contribution in [0.2, 0.25) is 0 Å². The molecule has 16 heteroatoms. The third-order valence-electron chi connectivity index (χ3n) is 0. The Balaban J connectivity index is 0. The van der Waals surface area contributed by atoms with Gasteiger partial charge >= 0.3 is 139 Å². The van der Waals surface area contributed by atoms with Crippen molar-refractivity contribution in [3.63, 3.8) is 0 Å². The Morgan fingerprint density at radius 3 is 0.375 bits per heavy atom. The van der Waals surface area contributed by atoms with Crippen LogP contribution in [0.25, 0.3) is 0 Å². The molecular formula is AlCaF11GaLiSr. The van der Waals surface area contributed by atoms with Gasteiger partial charge in [0, 0.05) is 0 Å². The Bertz CT molecular complexity index is 25.9. The maximum atomic E-state index is 0. The molecule has 16 heavy (non-hydrogen) atoms. The van der Waals surface area contributed by atoms with Crippen molar-refractivity contribution in [1.29, 1.82) is 0 Å². The van der Waals surface area contributed by atoms with Crippen LogP contribution < -0.4 is 70.6 Å². The smallest absolute Gasteiger partial charge is 1.00 e. The number of rotatable bonds is 0. The predicted molar refractivity (Wildman–Crippen MR) is 23.0 cm³/mol. The van der Waals surface area contributed by atoms with Crippen molar-refractivity contribution in [1.82, 2.24) is 0 Å². The zero-order valence-corrected chi connectivity index (χ0v) is 17.0. The molecule has 0 aromatic rings. The SMILES string of the molecule is [Al+3].[Ca+2].[F-].[F-].[F-].[F-].[F-].[F-].[F-].[F-].[F-].[F-].[F-].[Ga+3].[Li+].[Sr+2]. The van der Waals surface area contributed by atoms with Gasteiger partial charge in [-0.2, -0.15) is 0 Å². The number of halogens is 11. The third kappa shape index (κ3) is 356. The van der Waals surface area contributed by atoms with Crippen LogP contribution >= 0.6 is 0 Å². The second-order valence-electron chi connectivity index (χ2n) is 0. The van der Waals surface area contributed by atoms with E-state index in [2.05, 4.69) is 0 Å². The summed E-state index contributed by atoms with van der Waals surface area (Å²) in [4.78, 5) is 0. The molecule has 0 amide bonds. The molecule has 0 aliphatic rings. The largest absolute Gasteiger partial charge is 3.00 e. The van der Waals surface area contributed by atoms with Gasteiger partial charge in [-0.1, -0.05) is 0 Å². The van der Waals surface area contributed by atoms with Gasteiger partial charge in [-0.3, -0.25) is 0 Å². The number of hydrogen-bond acceptors (Lipinski definition) is 0. The summed E-state index contributed by atoms with van der Waals surface area (Å²) in [5, 5.41) is 0. The molecule has 0 aromatic carbocycles. The third-order valence-corrected chi connectivity index (χ3v) is 0. The Labute approximate surface area is 187 Å². The van der Waals surface area contributed by atoms with Crippen molar-refractivity contribution in [2.75, 3.05) is 0 Å². The Morgan fingerprint density at radius 2 is 0.375 bits per heavy atom. The van der Waals surface area contributed by atoms with Crippen LogP contribution in [0.4, 0.5) is 0 Å². The van der Waals surface area contributed by atoms with E-state index in [-0.39, 0.29) is 191 Å². The van der Waals surface area contributed by atoms with E-state index in [4.69, 9.17) is 0 Å². The molecule has 0 saturated carbocycles. The minimum absolute atomic E-state index is 0. The molecule has 0 aliphatic heterocycles. The molecule has 88 valence electrons. The van der Waals surface area contributed by atoms with Gasteiger partial charge in [0.2, 0.25) is 0 Å². The molecule has 0 radical (unpaired) electrons. The quantitative estimate of drug-likeness (QED) is 0.260. The first-order valence-electron chi connectivity index (χ1n) is 0. The standard InChI is InChI=1S/Al.Ca.11FH.Ga.Li.Sr/h;;11*1H;;;/q+3;+2;;;;;;;;;;;;+3;+1;+2/p-11. The topological polar surface area (TPSA) is 0 Å². The molecule has 0 aliphatic carbocycles. The fourth-order valence-electron chi connectivity index (χ4n) is 0. The van der Waals surface area contributed by atoms with Gasteiger partial charge in [0.25, 0.3) is 0 Å². The maximum absolute atomic E-state index is 0. The summed E-state index contributed by atoms with van der Waals surface area (Å²) in [7, 11) is 0. The van der Waals surface area contributed by atoms with Crippen molar-refractivity contribution in [3.8, 4) is 0 Å². The van der Waals surface area contributed by atoms with Crippen molar-refractivity contribution < 1.29 is 70.6 Å². The first-order chi connectivity index (χ1) is 0. The Morgan fingerprint density at radius 1 is 0.375 bits per heavy atom.